The lowest BCUT2D eigenvalue weighted by Gasteiger charge is -2.29. The monoisotopic (exact) mass is 296 g/mol. The molecule has 0 saturated carbocycles. The van der Waals surface area contributed by atoms with Gasteiger partial charge in [0.2, 0.25) is 0 Å². The fraction of sp³-hybridized carbons (Fsp3) is 0.500. The molecule has 1 fully saturated rings. The van der Waals surface area contributed by atoms with Crippen molar-refractivity contribution < 1.29 is 4.90 Å². The minimum atomic E-state index is 0.562. The Balaban J connectivity index is 1.76. The Kier molecular flexibility index (Phi) is 4.19. The highest BCUT2D eigenvalue weighted by atomic mass is 32.2. The summed E-state index contributed by atoms with van der Waals surface area (Å²) in [7, 11) is 0. The molecule has 1 aromatic heterocycles. The Labute approximate surface area is 122 Å². The summed E-state index contributed by atoms with van der Waals surface area (Å²) < 4.78 is 1.08. The van der Waals surface area contributed by atoms with Crippen LogP contribution in [0.2, 0.25) is 0 Å². The quantitative estimate of drug-likeness (QED) is 0.836. The predicted octanol–water partition coefficient (Wildman–Crippen LogP) is 3.21. The van der Waals surface area contributed by atoms with Crippen molar-refractivity contribution in [2.24, 2.45) is 0 Å². The molecular formula is C14H18NS3+. The van der Waals surface area contributed by atoms with Crippen molar-refractivity contribution in [2.75, 3.05) is 13.1 Å². The van der Waals surface area contributed by atoms with Gasteiger partial charge in [0.05, 0.1) is 22.5 Å². The van der Waals surface area contributed by atoms with Gasteiger partial charge in [0.25, 0.3) is 0 Å². The van der Waals surface area contributed by atoms with Gasteiger partial charge < -0.3 is 4.90 Å². The van der Waals surface area contributed by atoms with Gasteiger partial charge in [-0.1, -0.05) is 18.3 Å². The molecular weight excluding hydrogens is 278 g/mol. The zero-order valence-electron chi connectivity index (χ0n) is 10.4. The number of allylic oxidation sites excluding steroid dienone is 1. The first kappa shape index (κ1) is 12.9. The number of likely N-dealkylation sites (tertiary alicyclic amines) is 1. The van der Waals surface area contributed by atoms with Crippen LogP contribution in [0.25, 0.3) is 0 Å². The molecule has 0 amide bonds. The van der Waals surface area contributed by atoms with E-state index >= 15 is 0 Å². The van der Waals surface area contributed by atoms with E-state index in [0.717, 1.165) is 4.20 Å². The summed E-state index contributed by atoms with van der Waals surface area (Å²) >= 11 is 9.21. The Morgan fingerprint density at radius 1 is 1.22 bits per heavy atom. The molecule has 0 spiro atoms. The highest BCUT2D eigenvalue weighted by molar-refractivity contribution is 8.23. The minimum absolute atomic E-state index is 0.562. The van der Waals surface area contributed by atoms with Gasteiger partial charge in [0.1, 0.15) is 5.70 Å². The molecule has 0 radical (unpaired) electrons. The maximum absolute atomic E-state index is 5.48. The lowest BCUT2D eigenvalue weighted by molar-refractivity contribution is -0.867. The predicted molar refractivity (Wildman–Crippen MR) is 84.5 cm³/mol. The molecule has 1 aromatic rings. The van der Waals surface area contributed by atoms with Crippen LogP contribution in [0.15, 0.2) is 29.3 Å². The molecule has 2 aliphatic rings. The van der Waals surface area contributed by atoms with Crippen LogP contribution in [-0.2, 0) is 0 Å². The number of thiophene rings is 1. The number of hydrogen-bond donors (Lipinski definition) is 1. The first-order valence-electron chi connectivity index (χ1n) is 6.62. The van der Waals surface area contributed by atoms with Gasteiger partial charge >= 0.3 is 0 Å². The van der Waals surface area contributed by atoms with Gasteiger partial charge in [-0.05, 0) is 30.7 Å². The van der Waals surface area contributed by atoms with Crippen LogP contribution in [0.5, 0.6) is 0 Å². The van der Waals surface area contributed by atoms with Crippen molar-refractivity contribution in [3.8, 4) is 0 Å². The molecule has 0 bridgehead atoms. The van der Waals surface area contributed by atoms with Crippen molar-refractivity contribution >= 4 is 39.5 Å². The summed E-state index contributed by atoms with van der Waals surface area (Å²) in [5.41, 5.74) is 1.55. The second-order valence-electron chi connectivity index (χ2n) is 4.98. The van der Waals surface area contributed by atoms with E-state index in [9.17, 15) is 0 Å². The Morgan fingerprint density at radius 3 is 2.78 bits per heavy atom. The van der Waals surface area contributed by atoms with Crippen molar-refractivity contribution in [3.05, 3.63) is 34.2 Å². The summed E-state index contributed by atoms with van der Waals surface area (Å²) in [6.07, 6.45) is 7.60. The Bertz CT molecular complexity index is 444. The lowest BCUT2D eigenvalue weighted by atomic mass is 10.1. The number of nitrogens with one attached hydrogen (secondary N) is 1. The molecule has 1 saturated heterocycles. The summed E-state index contributed by atoms with van der Waals surface area (Å²) in [5, 5.41) is 2.73. The van der Waals surface area contributed by atoms with E-state index in [1.165, 1.54) is 43.6 Å². The number of rotatable bonds is 2. The van der Waals surface area contributed by atoms with Gasteiger partial charge in [0, 0.05) is 17.4 Å². The van der Waals surface area contributed by atoms with Crippen molar-refractivity contribution in [3.63, 3.8) is 0 Å². The SMILES string of the molecule is S=C1C=C([NH+]2CCCCC2)C[C@H](c2cccs2)S1. The molecule has 4 heteroatoms. The average molecular weight is 297 g/mol. The number of quaternary nitrogens is 1. The van der Waals surface area contributed by atoms with Crippen molar-refractivity contribution in [1.82, 2.24) is 0 Å². The topological polar surface area (TPSA) is 4.44 Å². The highest BCUT2D eigenvalue weighted by Crippen LogP contribution is 2.40. The van der Waals surface area contributed by atoms with E-state index in [2.05, 4.69) is 23.6 Å². The second kappa shape index (κ2) is 5.87. The first-order chi connectivity index (χ1) is 8.83. The third kappa shape index (κ3) is 2.87. The molecule has 1 N–H and O–H groups in total. The second-order valence-corrected chi connectivity index (χ2v) is 7.90. The van der Waals surface area contributed by atoms with E-state index in [-0.39, 0.29) is 0 Å². The first-order valence-corrected chi connectivity index (χ1v) is 8.79. The molecule has 96 valence electrons. The molecule has 0 unspecified atom stereocenters. The van der Waals surface area contributed by atoms with Gasteiger partial charge in [-0.25, -0.2) is 0 Å². The van der Waals surface area contributed by atoms with Gasteiger partial charge in [0.15, 0.2) is 0 Å². The normalized spacial score (nSPS) is 26.1. The van der Waals surface area contributed by atoms with E-state index in [0.29, 0.717) is 5.25 Å². The van der Waals surface area contributed by atoms with Crippen LogP contribution in [-0.4, -0.2) is 17.3 Å². The van der Waals surface area contributed by atoms with Crippen LogP contribution in [0, 0.1) is 0 Å². The summed E-state index contributed by atoms with van der Waals surface area (Å²) in [6.45, 7) is 2.60. The van der Waals surface area contributed by atoms with E-state index in [4.69, 9.17) is 12.2 Å². The molecule has 3 rings (SSSR count). The molecule has 18 heavy (non-hydrogen) atoms. The smallest absolute Gasteiger partial charge is 0.111 e. The Morgan fingerprint density at radius 2 is 2.06 bits per heavy atom. The minimum Gasteiger partial charge on any atom is -0.306 e. The summed E-state index contributed by atoms with van der Waals surface area (Å²) in [4.78, 5) is 3.16. The van der Waals surface area contributed by atoms with E-state index in [1.54, 1.807) is 10.6 Å². The van der Waals surface area contributed by atoms with Crippen molar-refractivity contribution in [2.45, 2.75) is 30.9 Å². The number of hydrogen-bond acceptors (Lipinski definition) is 3. The Hall–Kier alpha value is -0.160. The largest absolute Gasteiger partial charge is 0.306 e. The van der Waals surface area contributed by atoms with E-state index < -0.39 is 0 Å². The summed E-state index contributed by atoms with van der Waals surface area (Å²) in [6, 6.07) is 4.40. The van der Waals surface area contributed by atoms with Gasteiger partial charge in [-0.15, -0.1) is 23.1 Å². The third-order valence-electron chi connectivity index (χ3n) is 3.73. The van der Waals surface area contributed by atoms with Crippen LogP contribution in [0.3, 0.4) is 0 Å². The van der Waals surface area contributed by atoms with Gasteiger partial charge in [-0.2, -0.15) is 0 Å². The van der Waals surface area contributed by atoms with Crippen molar-refractivity contribution in [1.29, 1.82) is 0 Å². The molecule has 0 aromatic carbocycles. The fourth-order valence-electron chi connectivity index (χ4n) is 2.80. The summed E-state index contributed by atoms with van der Waals surface area (Å²) in [5.74, 6) is 0. The van der Waals surface area contributed by atoms with Gasteiger partial charge in [-0.3, -0.25) is 0 Å². The van der Waals surface area contributed by atoms with Crippen LogP contribution < -0.4 is 4.90 Å². The molecule has 2 aliphatic heterocycles. The average Bonchev–Trinajstić information content (AvgIpc) is 2.93. The molecule has 1 nitrogen and oxygen atoms in total. The van der Waals surface area contributed by atoms with Crippen LogP contribution in [0.4, 0.5) is 0 Å². The van der Waals surface area contributed by atoms with Crippen LogP contribution in [0.1, 0.15) is 35.8 Å². The molecule has 0 aliphatic carbocycles. The zero-order chi connectivity index (χ0) is 12.4. The zero-order valence-corrected chi connectivity index (χ0v) is 12.8. The number of thiocarbonyl (C=S) groups is 1. The lowest BCUT2D eigenvalue weighted by Crippen LogP contribution is -3.11. The third-order valence-corrected chi connectivity index (χ3v) is 6.32. The standard InChI is InChI=1S/C14H17NS3/c16-14-10-11(15-6-2-1-3-7-15)9-13(18-14)12-5-4-8-17-12/h4-5,8,10,13H,1-3,6-7,9H2/p+1/t13-/m1/s1. The number of thioether (sulfide) groups is 1. The molecule has 1 atom stereocenters. The maximum Gasteiger partial charge on any atom is 0.111 e. The fourth-order valence-corrected chi connectivity index (χ4v) is 5.25. The maximum atomic E-state index is 5.48. The molecule has 3 heterocycles. The highest BCUT2D eigenvalue weighted by Gasteiger charge is 2.28. The number of piperidine rings is 1. The van der Waals surface area contributed by atoms with E-state index in [1.807, 2.05) is 23.1 Å². The van der Waals surface area contributed by atoms with Crippen LogP contribution >= 0.6 is 35.3 Å².